The van der Waals surface area contributed by atoms with E-state index in [4.69, 9.17) is 0 Å². The van der Waals surface area contributed by atoms with Gasteiger partial charge in [0.25, 0.3) is 5.91 Å². The third kappa shape index (κ3) is 4.37. The Morgan fingerprint density at radius 2 is 2.08 bits per heavy atom. The molecule has 12 heteroatoms. The molecular formula is C14H17F3N6O3. The van der Waals surface area contributed by atoms with Gasteiger partial charge in [-0.2, -0.15) is 23.4 Å². The number of amides is 1. The van der Waals surface area contributed by atoms with Crippen molar-refractivity contribution >= 4 is 11.6 Å². The average molecular weight is 374 g/mol. The first kappa shape index (κ1) is 19.4. The van der Waals surface area contributed by atoms with Gasteiger partial charge in [-0.3, -0.25) is 24.3 Å². The first-order valence-corrected chi connectivity index (χ1v) is 7.75. The van der Waals surface area contributed by atoms with E-state index in [1.165, 1.54) is 22.5 Å². The molecule has 0 aliphatic rings. The van der Waals surface area contributed by atoms with Crippen LogP contribution in [-0.4, -0.2) is 36.9 Å². The van der Waals surface area contributed by atoms with Crippen molar-refractivity contribution in [1.82, 2.24) is 24.9 Å². The number of aryl methyl sites for hydroxylation is 3. The van der Waals surface area contributed by atoms with Gasteiger partial charge < -0.3 is 5.32 Å². The van der Waals surface area contributed by atoms with Crippen LogP contribution in [-0.2, 0) is 19.3 Å². The molecule has 0 unspecified atom stereocenters. The lowest BCUT2D eigenvalue weighted by Crippen LogP contribution is -2.26. The summed E-state index contributed by atoms with van der Waals surface area (Å²) >= 11 is 0. The number of hydrogen-bond donors (Lipinski definition) is 1. The van der Waals surface area contributed by atoms with Crippen LogP contribution in [0.4, 0.5) is 18.9 Å². The maximum absolute atomic E-state index is 12.6. The van der Waals surface area contributed by atoms with Crippen molar-refractivity contribution in [2.45, 2.75) is 39.5 Å². The lowest BCUT2D eigenvalue weighted by Gasteiger charge is -2.06. The van der Waals surface area contributed by atoms with Crippen molar-refractivity contribution in [3.8, 4) is 0 Å². The van der Waals surface area contributed by atoms with E-state index in [0.717, 1.165) is 6.07 Å². The summed E-state index contributed by atoms with van der Waals surface area (Å²) in [6.45, 7) is 3.86. The molecule has 142 valence electrons. The summed E-state index contributed by atoms with van der Waals surface area (Å²) in [6, 6.07) is 0.944. The summed E-state index contributed by atoms with van der Waals surface area (Å²) in [5.41, 5.74) is -1.32. The van der Waals surface area contributed by atoms with Gasteiger partial charge in [0.2, 0.25) is 5.69 Å². The first-order valence-electron chi connectivity index (χ1n) is 7.75. The topological polar surface area (TPSA) is 108 Å². The fourth-order valence-electron chi connectivity index (χ4n) is 2.26. The number of carbonyl (C=O) groups is 1. The lowest BCUT2D eigenvalue weighted by atomic mass is 10.3. The number of halogens is 3. The molecule has 0 aromatic carbocycles. The number of carbonyl (C=O) groups excluding carboxylic acids is 1. The standard InChI is InChI=1S/C14H17F3N6O3/c1-3-21-8-10(23(25)26)12(20-21)13(24)18-5-4-6-22-9(2)7-11(19-22)14(15,16)17/h7-8H,3-6H2,1-2H3,(H,18,24). The maximum atomic E-state index is 12.6. The normalized spacial score (nSPS) is 11.6. The van der Waals surface area contributed by atoms with Crippen molar-refractivity contribution in [2.24, 2.45) is 0 Å². The van der Waals surface area contributed by atoms with E-state index >= 15 is 0 Å². The van der Waals surface area contributed by atoms with E-state index in [2.05, 4.69) is 15.5 Å². The lowest BCUT2D eigenvalue weighted by molar-refractivity contribution is -0.385. The summed E-state index contributed by atoms with van der Waals surface area (Å²) in [5.74, 6) is -0.711. The van der Waals surface area contributed by atoms with Gasteiger partial charge in [-0.15, -0.1) is 0 Å². The van der Waals surface area contributed by atoms with Gasteiger partial charge in [-0.25, -0.2) is 0 Å². The van der Waals surface area contributed by atoms with Gasteiger partial charge in [0.15, 0.2) is 5.69 Å². The Morgan fingerprint density at radius 1 is 1.38 bits per heavy atom. The Morgan fingerprint density at radius 3 is 2.62 bits per heavy atom. The number of rotatable bonds is 7. The SMILES string of the molecule is CCn1cc([N+](=O)[O-])c(C(=O)NCCCn2nc(C(F)(F)F)cc2C)n1. The van der Waals surface area contributed by atoms with Gasteiger partial charge >= 0.3 is 11.9 Å². The molecule has 0 aliphatic carbocycles. The van der Waals surface area contributed by atoms with Crippen molar-refractivity contribution in [1.29, 1.82) is 0 Å². The molecule has 0 aliphatic heterocycles. The van der Waals surface area contributed by atoms with Crippen LogP contribution in [0.5, 0.6) is 0 Å². The van der Waals surface area contributed by atoms with Crippen LogP contribution in [0.1, 0.15) is 35.2 Å². The molecule has 1 amide bonds. The smallest absolute Gasteiger partial charge is 0.350 e. The van der Waals surface area contributed by atoms with E-state index in [9.17, 15) is 28.1 Å². The van der Waals surface area contributed by atoms with Gasteiger partial charge in [0, 0.05) is 25.3 Å². The number of alkyl halides is 3. The van der Waals surface area contributed by atoms with Crippen molar-refractivity contribution in [2.75, 3.05) is 6.54 Å². The molecular weight excluding hydrogens is 357 g/mol. The quantitative estimate of drug-likeness (QED) is 0.454. The zero-order valence-electron chi connectivity index (χ0n) is 14.1. The van der Waals surface area contributed by atoms with Crippen molar-refractivity contribution < 1.29 is 22.9 Å². The zero-order chi connectivity index (χ0) is 19.5. The summed E-state index contributed by atoms with van der Waals surface area (Å²) in [6.07, 6.45) is -3.05. The van der Waals surface area contributed by atoms with Crippen LogP contribution >= 0.6 is 0 Å². The number of hydrogen-bond acceptors (Lipinski definition) is 5. The average Bonchev–Trinajstić information content (AvgIpc) is 3.15. The minimum Gasteiger partial charge on any atom is -0.350 e. The van der Waals surface area contributed by atoms with Gasteiger partial charge in [0.05, 0.1) is 4.92 Å². The largest absolute Gasteiger partial charge is 0.435 e. The first-order chi connectivity index (χ1) is 12.1. The maximum Gasteiger partial charge on any atom is 0.435 e. The number of nitrogens with one attached hydrogen (secondary N) is 1. The molecule has 26 heavy (non-hydrogen) atoms. The Kier molecular flexibility index (Phi) is 5.63. The van der Waals surface area contributed by atoms with Gasteiger partial charge in [-0.1, -0.05) is 0 Å². The molecule has 0 saturated heterocycles. The van der Waals surface area contributed by atoms with Crippen LogP contribution in [0.2, 0.25) is 0 Å². The molecule has 9 nitrogen and oxygen atoms in total. The third-order valence-electron chi connectivity index (χ3n) is 3.58. The molecule has 2 rings (SSSR count). The van der Waals surface area contributed by atoms with E-state index in [1.54, 1.807) is 6.92 Å². The fourth-order valence-corrected chi connectivity index (χ4v) is 2.26. The Hall–Kier alpha value is -2.92. The summed E-state index contributed by atoms with van der Waals surface area (Å²) < 4.78 is 40.3. The molecule has 0 saturated carbocycles. The third-order valence-corrected chi connectivity index (χ3v) is 3.58. The second-order valence-corrected chi connectivity index (χ2v) is 5.48. The molecule has 1 N–H and O–H groups in total. The fraction of sp³-hybridized carbons (Fsp3) is 0.500. The zero-order valence-corrected chi connectivity index (χ0v) is 14.1. The number of aromatic nitrogens is 4. The van der Waals surface area contributed by atoms with Crippen LogP contribution in [0.3, 0.4) is 0 Å². The second-order valence-electron chi connectivity index (χ2n) is 5.48. The van der Waals surface area contributed by atoms with Gasteiger partial charge in [0.1, 0.15) is 6.20 Å². The van der Waals surface area contributed by atoms with Crippen LogP contribution in [0.15, 0.2) is 12.3 Å². The molecule has 2 aromatic rings. The second kappa shape index (κ2) is 7.54. The molecule has 0 atom stereocenters. The monoisotopic (exact) mass is 374 g/mol. The number of nitrogens with zero attached hydrogens (tertiary/aromatic N) is 5. The minimum absolute atomic E-state index is 0.107. The summed E-state index contributed by atoms with van der Waals surface area (Å²) in [4.78, 5) is 22.3. The molecule has 2 heterocycles. The highest BCUT2D eigenvalue weighted by Gasteiger charge is 2.34. The van der Waals surface area contributed by atoms with E-state index in [1.807, 2.05) is 0 Å². The van der Waals surface area contributed by atoms with E-state index < -0.39 is 28.4 Å². The molecule has 2 aromatic heterocycles. The van der Waals surface area contributed by atoms with Gasteiger partial charge in [-0.05, 0) is 26.3 Å². The van der Waals surface area contributed by atoms with Crippen molar-refractivity contribution in [3.05, 3.63) is 39.5 Å². The highest BCUT2D eigenvalue weighted by molar-refractivity contribution is 5.95. The Balaban J connectivity index is 1.93. The molecule has 0 radical (unpaired) electrons. The van der Waals surface area contributed by atoms with E-state index in [0.29, 0.717) is 18.7 Å². The van der Waals surface area contributed by atoms with Crippen molar-refractivity contribution in [3.63, 3.8) is 0 Å². The summed E-state index contributed by atoms with van der Waals surface area (Å²) in [7, 11) is 0. The van der Waals surface area contributed by atoms with Crippen LogP contribution < -0.4 is 5.32 Å². The van der Waals surface area contributed by atoms with Crippen LogP contribution in [0.25, 0.3) is 0 Å². The molecule has 0 fully saturated rings. The highest BCUT2D eigenvalue weighted by Crippen LogP contribution is 2.28. The predicted octanol–water partition coefficient (Wildman–Crippen LogP) is 2.16. The molecule has 0 bridgehead atoms. The summed E-state index contributed by atoms with van der Waals surface area (Å²) in [5, 5.41) is 20.8. The highest BCUT2D eigenvalue weighted by atomic mass is 19.4. The minimum atomic E-state index is -4.51. The van der Waals surface area contributed by atoms with E-state index in [-0.39, 0.29) is 18.8 Å². The number of nitro groups is 1. The predicted molar refractivity (Wildman–Crippen MR) is 83.5 cm³/mol. The Bertz CT molecular complexity index is 811. The Labute approximate surface area is 145 Å². The molecule has 0 spiro atoms. The van der Waals surface area contributed by atoms with Crippen LogP contribution in [0, 0.1) is 17.0 Å².